The summed E-state index contributed by atoms with van der Waals surface area (Å²) in [5.74, 6) is 0.534. The van der Waals surface area contributed by atoms with Gasteiger partial charge in [-0.1, -0.05) is 12.1 Å². The van der Waals surface area contributed by atoms with Crippen LogP contribution in [-0.4, -0.2) is 68.2 Å². The number of benzene rings is 2. The summed E-state index contributed by atoms with van der Waals surface area (Å²) >= 11 is 0. The van der Waals surface area contributed by atoms with Gasteiger partial charge >= 0.3 is 0 Å². The number of pyridine rings is 1. The zero-order chi connectivity index (χ0) is 25.6. The smallest absolute Gasteiger partial charge is 0.242 e. The maximum Gasteiger partial charge on any atom is 0.242 e. The Morgan fingerprint density at radius 2 is 1.84 bits per heavy atom. The highest BCUT2D eigenvalue weighted by Crippen LogP contribution is 2.31. The molecule has 9 nitrogen and oxygen atoms in total. The number of amides is 2. The summed E-state index contributed by atoms with van der Waals surface area (Å²) in [6.45, 7) is 4.21. The van der Waals surface area contributed by atoms with Crippen LogP contribution < -0.4 is 19.9 Å². The first-order valence-electron chi connectivity index (χ1n) is 12.4. The van der Waals surface area contributed by atoms with E-state index >= 15 is 0 Å². The lowest BCUT2D eigenvalue weighted by Gasteiger charge is -2.30. The van der Waals surface area contributed by atoms with Crippen LogP contribution in [0.2, 0.25) is 0 Å². The van der Waals surface area contributed by atoms with Gasteiger partial charge in [-0.25, -0.2) is 0 Å². The third-order valence-electron chi connectivity index (χ3n) is 6.60. The molecule has 2 aliphatic heterocycles. The molecule has 0 spiro atoms. The van der Waals surface area contributed by atoms with E-state index in [0.717, 1.165) is 54.7 Å². The number of carbonyl (C=O) groups is 2. The second-order valence-corrected chi connectivity index (χ2v) is 9.09. The van der Waals surface area contributed by atoms with Crippen molar-refractivity contribution in [2.24, 2.45) is 0 Å². The van der Waals surface area contributed by atoms with E-state index < -0.39 is 0 Å². The predicted molar refractivity (Wildman–Crippen MR) is 141 cm³/mol. The fourth-order valence-electron chi connectivity index (χ4n) is 4.61. The molecule has 2 amide bonds. The maximum absolute atomic E-state index is 12.3. The Balaban J connectivity index is 1.43. The molecule has 0 saturated carbocycles. The first-order chi connectivity index (χ1) is 18.1. The molecule has 5 rings (SSSR count). The van der Waals surface area contributed by atoms with E-state index in [0.29, 0.717) is 6.54 Å². The quantitative estimate of drug-likeness (QED) is 0.508. The highest BCUT2D eigenvalue weighted by Gasteiger charge is 2.24. The molecular weight excluding hydrogens is 470 g/mol. The average Bonchev–Trinajstić information content (AvgIpc) is 2.94. The van der Waals surface area contributed by atoms with Crippen LogP contribution in [0.1, 0.15) is 11.3 Å². The molecule has 1 aromatic heterocycles. The fourth-order valence-corrected chi connectivity index (χ4v) is 4.61. The molecule has 0 aliphatic carbocycles. The second-order valence-electron chi connectivity index (χ2n) is 9.09. The second kappa shape index (κ2) is 11.3. The van der Waals surface area contributed by atoms with Crippen LogP contribution in [-0.2, 0) is 27.4 Å². The number of nitrogens with zero attached hydrogens (tertiary/aromatic N) is 4. The van der Waals surface area contributed by atoms with Gasteiger partial charge in [0, 0.05) is 42.9 Å². The first-order valence-corrected chi connectivity index (χ1v) is 12.4. The van der Waals surface area contributed by atoms with Crippen LogP contribution in [0.3, 0.4) is 0 Å². The number of carbonyl (C=O) groups excluding carboxylic acids is 2. The van der Waals surface area contributed by atoms with E-state index in [-0.39, 0.29) is 31.4 Å². The Bertz CT molecular complexity index is 1240. The molecule has 2 aliphatic rings. The monoisotopic (exact) mass is 501 g/mol. The van der Waals surface area contributed by atoms with Gasteiger partial charge in [0.25, 0.3) is 0 Å². The topological polar surface area (TPSA) is 87.2 Å². The van der Waals surface area contributed by atoms with Gasteiger partial charge in [-0.3, -0.25) is 14.6 Å². The third kappa shape index (κ3) is 6.00. The highest BCUT2D eigenvalue weighted by molar-refractivity contribution is 5.92. The van der Waals surface area contributed by atoms with Crippen molar-refractivity contribution < 1.29 is 19.1 Å². The van der Waals surface area contributed by atoms with E-state index in [9.17, 15) is 9.59 Å². The zero-order valence-corrected chi connectivity index (χ0v) is 20.9. The van der Waals surface area contributed by atoms with Crippen molar-refractivity contribution in [3.63, 3.8) is 0 Å². The van der Waals surface area contributed by atoms with E-state index in [4.69, 9.17) is 9.47 Å². The van der Waals surface area contributed by atoms with Crippen LogP contribution >= 0.6 is 0 Å². The van der Waals surface area contributed by atoms with E-state index in [1.807, 2.05) is 30.3 Å². The molecule has 1 N–H and O–H groups in total. The first kappa shape index (κ1) is 24.6. The number of hydrogen-bond donors (Lipinski definition) is 1. The lowest BCUT2D eigenvalue weighted by molar-refractivity contribution is -0.141. The molecular formula is C28H31N5O4. The Kier molecular flexibility index (Phi) is 7.51. The normalized spacial score (nSPS) is 15.9. The maximum atomic E-state index is 12.3. The molecule has 37 heavy (non-hydrogen) atoms. The lowest BCUT2D eigenvalue weighted by atomic mass is 10.1. The average molecular weight is 502 g/mol. The van der Waals surface area contributed by atoms with Crippen molar-refractivity contribution in [3.8, 4) is 5.75 Å². The van der Waals surface area contributed by atoms with Crippen LogP contribution in [0, 0.1) is 0 Å². The van der Waals surface area contributed by atoms with Crippen LogP contribution in [0.15, 0.2) is 66.9 Å². The molecule has 0 unspecified atom stereocenters. The third-order valence-corrected chi connectivity index (χ3v) is 6.60. The Labute approximate surface area is 216 Å². The molecule has 2 aromatic carbocycles. The SMILES string of the molecule is COc1cccc(CN(c2ccc(N3CCOCC3)cc2)c2ccnc(CN3CC(=O)NCC3=O)c2)c1. The largest absolute Gasteiger partial charge is 0.497 e. The molecule has 0 bridgehead atoms. The molecule has 2 saturated heterocycles. The fraction of sp³-hybridized carbons (Fsp3) is 0.321. The standard InChI is InChI=1S/C28H31N5O4/c1-36-26-4-2-3-21(15-26)18-33(24-7-5-23(6-8-24)31-11-13-37-14-12-31)25-9-10-29-22(16-25)19-32-20-27(34)30-17-28(32)35/h2-10,15-16H,11-14,17-20H2,1H3,(H,30,34). The van der Waals surface area contributed by atoms with Gasteiger partial charge in [0.05, 0.1) is 45.7 Å². The number of nitrogens with one attached hydrogen (secondary N) is 1. The van der Waals surface area contributed by atoms with Gasteiger partial charge < -0.3 is 29.5 Å². The minimum absolute atomic E-state index is 0.0238. The van der Waals surface area contributed by atoms with Gasteiger partial charge in [-0.05, 0) is 54.1 Å². The van der Waals surface area contributed by atoms with Crippen LogP contribution in [0.4, 0.5) is 17.1 Å². The number of morpholine rings is 1. The number of aromatic nitrogens is 1. The number of methoxy groups -OCH3 is 1. The molecule has 2 fully saturated rings. The molecule has 0 atom stereocenters. The van der Waals surface area contributed by atoms with E-state index in [2.05, 4.69) is 50.4 Å². The number of anilines is 3. The predicted octanol–water partition coefficient (Wildman–Crippen LogP) is 2.72. The summed E-state index contributed by atoms with van der Waals surface area (Å²) in [6, 6.07) is 20.5. The number of piperazine rings is 1. The molecule has 3 heterocycles. The van der Waals surface area contributed by atoms with Crippen LogP contribution in [0.25, 0.3) is 0 Å². The summed E-state index contributed by atoms with van der Waals surface area (Å²) in [4.78, 5) is 34.7. The number of ether oxygens (including phenoxy) is 2. The summed E-state index contributed by atoms with van der Waals surface area (Å²) in [5, 5.41) is 2.58. The number of rotatable bonds is 8. The van der Waals surface area contributed by atoms with Crippen molar-refractivity contribution in [2.45, 2.75) is 13.1 Å². The summed E-state index contributed by atoms with van der Waals surface area (Å²) in [7, 11) is 1.67. The van der Waals surface area contributed by atoms with Gasteiger partial charge in [0.2, 0.25) is 11.8 Å². The molecule has 9 heteroatoms. The molecule has 0 radical (unpaired) electrons. The van der Waals surface area contributed by atoms with Gasteiger partial charge in [0.1, 0.15) is 5.75 Å². The Morgan fingerprint density at radius 3 is 2.62 bits per heavy atom. The highest BCUT2D eigenvalue weighted by atomic mass is 16.5. The van der Waals surface area contributed by atoms with Crippen molar-refractivity contribution in [1.29, 1.82) is 0 Å². The van der Waals surface area contributed by atoms with E-state index in [1.165, 1.54) is 10.6 Å². The summed E-state index contributed by atoms with van der Waals surface area (Å²) in [5.41, 5.74) is 4.97. The molecule has 192 valence electrons. The minimum atomic E-state index is -0.157. The molecule has 3 aromatic rings. The van der Waals surface area contributed by atoms with Crippen molar-refractivity contribution in [1.82, 2.24) is 15.2 Å². The van der Waals surface area contributed by atoms with Crippen LogP contribution in [0.5, 0.6) is 5.75 Å². The zero-order valence-electron chi connectivity index (χ0n) is 20.9. The van der Waals surface area contributed by atoms with Gasteiger partial charge in [-0.2, -0.15) is 0 Å². The number of hydrogen-bond acceptors (Lipinski definition) is 7. The lowest BCUT2D eigenvalue weighted by Crippen LogP contribution is -2.51. The van der Waals surface area contributed by atoms with Crippen molar-refractivity contribution in [3.05, 3.63) is 78.1 Å². The van der Waals surface area contributed by atoms with Crippen molar-refractivity contribution >= 4 is 28.9 Å². The van der Waals surface area contributed by atoms with Gasteiger partial charge in [-0.15, -0.1) is 0 Å². The summed E-state index contributed by atoms with van der Waals surface area (Å²) < 4.78 is 10.9. The Morgan fingerprint density at radius 1 is 1.03 bits per heavy atom. The summed E-state index contributed by atoms with van der Waals surface area (Å²) in [6.07, 6.45) is 1.75. The van der Waals surface area contributed by atoms with E-state index in [1.54, 1.807) is 13.3 Å². The van der Waals surface area contributed by atoms with Gasteiger partial charge in [0.15, 0.2) is 0 Å². The van der Waals surface area contributed by atoms with Crippen molar-refractivity contribution in [2.75, 3.05) is 56.3 Å². The Hall–Kier alpha value is -4.11. The minimum Gasteiger partial charge on any atom is -0.497 e.